The van der Waals surface area contributed by atoms with Crippen molar-refractivity contribution in [3.63, 3.8) is 0 Å². The molecule has 1 atom stereocenters. The third kappa shape index (κ3) is 4.27. The molecule has 0 aliphatic carbocycles. The molecule has 0 saturated heterocycles. The number of non-ortho nitro benzene ring substituents is 1. The first-order chi connectivity index (χ1) is 14.3. The van der Waals surface area contributed by atoms with Crippen LogP contribution in [0, 0.1) is 10.1 Å². The second-order valence-electron chi connectivity index (χ2n) is 6.15. The molecule has 1 unspecified atom stereocenters. The SMILES string of the molecule is COc1ccc([N+](=O)[O-])cc1NC(=O)C(C)OC(=O)c1cc(=O)c2ccccc2o1. The van der Waals surface area contributed by atoms with Crippen molar-refractivity contribution in [3.05, 3.63) is 74.6 Å². The summed E-state index contributed by atoms with van der Waals surface area (Å²) in [5, 5.41) is 13.7. The van der Waals surface area contributed by atoms with Gasteiger partial charge in [-0.25, -0.2) is 4.79 Å². The van der Waals surface area contributed by atoms with Crippen LogP contribution in [0.2, 0.25) is 0 Å². The molecule has 1 aromatic heterocycles. The first kappa shape index (κ1) is 20.5. The highest BCUT2D eigenvalue weighted by Crippen LogP contribution is 2.29. The highest BCUT2D eigenvalue weighted by Gasteiger charge is 2.23. The number of anilines is 1. The van der Waals surface area contributed by atoms with Crippen molar-refractivity contribution in [2.24, 2.45) is 0 Å². The molecule has 3 rings (SSSR count). The Hall–Kier alpha value is -4.21. The molecule has 1 N–H and O–H groups in total. The standard InChI is InChI=1S/C20H16N2O8/c1-11(19(24)21-14-9-12(22(26)27)7-8-17(14)28-2)29-20(25)18-10-15(23)13-5-3-4-6-16(13)30-18/h3-11H,1-2H3,(H,21,24). The van der Waals surface area contributed by atoms with Crippen LogP contribution in [0.5, 0.6) is 5.75 Å². The maximum absolute atomic E-state index is 12.4. The van der Waals surface area contributed by atoms with Gasteiger partial charge >= 0.3 is 5.97 Å². The summed E-state index contributed by atoms with van der Waals surface area (Å²) in [6.45, 7) is 1.30. The van der Waals surface area contributed by atoms with Gasteiger partial charge < -0.3 is 19.2 Å². The zero-order valence-corrected chi connectivity index (χ0v) is 15.9. The third-order valence-electron chi connectivity index (χ3n) is 4.14. The van der Waals surface area contributed by atoms with E-state index in [1.807, 2.05) is 0 Å². The average molecular weight is 412 g/mol. The molecule has 3 aromatic rings. The Morgan fingerprint density at radius 3 is 2.60 bits per heavy atom. The number of nitrogens with zero attached hydrogens (tertiary/aromatic N) is 1. The molecule has 10 nitrogen and oxygen atoms in total. The summed E-state index contributed by atoms with van der Waals surface area (Å²) in [5.74, 6) is -1.93. The van der Waals surface area contributed by atoms with Gasteiger partial charge in [-0.2, -0.15) is 0 Å². The Bertz CT molecular complexity index is 1200. The van der Waals surface area contributed by atoms with Crippen LogP contribution in [0.1, 0.15) is 17.5 Å². The van der Waals surface area contributed by atoms with E-state index in [1.54, 1.807) is 18.2 Å². The summed E-state index contributed by atoms with van der Waals surface area (Å²) in [6.07, 6.45) is -1.29. The number of para-hydroxylation sites is 1. The van der Waals surface area contributed by atoms with E-state index in [0.29, 0.717) is 5.39 Å². The van der Waals surface area contributed by atoms with Crippen LogP contribution < -0.4 is 15.5 Å². The van der Waals surface area contributed by atoms with Crippen molar-refractivity contribution in [1.29, 1.82) is 0 Å². The third-order valence-corrected chi connectivity index (χ3v) is 4.14. The minimum absolute atomic E-state index is 0.0387. The fourth-order valence-corrected chi connectivity index (χ4v) is 2.62. The summed E-state index contributed by atoms with van der Waals surface area (Å²) in [5.41, 5.74) is -0.442. The number of esters is 1. The van der Waals surface area contributed by atoms with Gasteiger partial charge in [0.2, 0.25) is 5.76 Å². The molecule has 1 amide bonds. The first-order valence-corrected chi connectivity index (χ1v) is 8.67. The van der Waals surface area contributed by atoms with Crippen molar-refractivity contribution in [2.75, 3.05) is 12.4 Å². The fourth-order valence-electron chi connectivity index (χ4n) is 2.62. The topological polar surface area (TPSA) is 138 Å². The molecule has 0 spiro atoms. The number of ether oxygens (including phenoxy) is 2. The highest BCUT2D eigenvalue weighted by atomic mass is 16.6. The van der Waals surface area contributed by atoms with Crippen LogP contribution in [0.3, 0.4) is 0 Å². The van der Waals surface area contributed by atoms with Crippen molar-refractivity contribution in [3.8, 4) is 5.75 Å². The lowest BCUT2D eigenvalue weighted by Crippen LogP contribution is -2.30. The molecule has 1 heterocycles. The van der Waals surface area contributed by atoms with Crippen LogP contribution in [0.15, 0.2) is 57.7 Å². The van der Waals surface area contributed by atoms with Crippen LogP contribution in [-0.4, -0.2) is 30.0 Å². The molecule has 0 radical (unpaired) electrons. The van der Waals surface area contributed by atoms with E-state index in [1.165, 1.54) is 32.2 Å². The predicted molar refractivity (Wildman–Crippen MR) is 106 cm³/mol. The van der Waals surface area contributed by atoms with Gasteiger partial charge in [0.15, 0.2) is 11.5 Å². The summed E-state index contributed by atoms with van der Waals surface area (Å²) >= 11 is 0. The van der Waals surface area contributed by atoms with Crippen molar-refractivity contribution in [1.82, 2.24) is 0 Å². The molecular weight excluding hydrogens is 396 g/mol. The number of nitrogens with one attached hydrogen (secondary N) is 1. The Morgan fingerprint density at radius 1 is 1.17 bits per heavy atom. The van der Waals surface area contributed by atoms with E-state index >= 15 is 0 Å². The molecule has 2 aromatic carbocycles. The molecule has 0 saturated carbocycles. The summed E-state index contributed by atoms with van der Waals surface area (Å²) in [4.78, 5) is 47.2. The quantitative estimate of drug-likeness (QED) is 0.370. The zero-order chi connectivity index (χ0) is 21.8. The van der Waals surface area contributed by atoms with E-state index in [0.717, 1.165) is 12.1 Å². The normalized spacial score (nSPS) is 11.5. The molecular formula is C20H16N2O8. The number of benzene rings is 2. The minimum Gasteiger partial charge on any atom is -0.495 e. The number of amides is 1. The number of carbonyl (C=O) groups is 2. The van der Waals surface area contributed by atoms with E-state index in [2.05, 4.69) is 5.32 Å². The molecule has 0 aliphatic rings. The number of fused-ring (bicyclic) bond motifs is 1. The van der Waals surface area contributed by atoms with E-state index < -0.39 is 28.3 Å². The number of hydrogen-bond donors (Lipinski definition) is 1. The van der Waals surface area contributed by atoms with Crippen LogP contribution >= 0.6 is 0 Å². The molecule has 154 valence electrons. The lowest BCUT2D eigenvalue weighted by atomic mass is 10.2. The van der Waals surface area contributed by atoms with Crippen LogP contribution in [-0.2, 0) is 9.53 Å². The first-order valence-electron chi connectivity index (χ1n) is 8.67. The van der Waals surface area contributed by atoms with Crippen LogP contribution in [0.4, 0.5) is 11.4 Å². The number of nitro benzene ring substituents is 1. The van der Waals surface area contributed by atoms with Crippen LogP contribution in [0.25, 0.3) is 11.0 Å². The highest BCUT2D eigenvalue weighted by molar-refractivity contribution is 5.98. The Balaban J connectivity index is 1.76. The Morgan fingerprint density at radius 2 is 1.90 bits per heavy atom. The average Bonchev–Trinajstić information content (AvgIpc) is 2.73. The molecule has 0 aliphatic heterocycles. The van der Waals surface area contributed by atoms with Crippen molar-refractivity contribution < 1.29 is 28.4 Å². The second kappa shape index (κ2) is 8.43. The van der Waals surface area contributed by atoms with Gasteiger partial charge in [0.05, 0.1) is 23.1 Å². The molecule has 0 bridgehead atoms. The smallest absolute Gasteiger partial charge is 0.375 e. The zero-order valence-electron chi connectivity index (χ0n) is 15.9. The number of hydrogen-bond acceptors (Lipinski definition) is 8. The minimum atomic E-state index is -1.29. The van der Waals surface area contributed by atoms with Gasteiger partial charge in [-0.15, -0.1) is 0 Å². The van der Waals surface area contributed by atoms with Gasteiger partial charge in [0.1, 0.15) is 11.3 Å². The maximum atomic E-state index is 12.4. The Kier molecular flexibility index (Phi) is 5.77. The Labute approximate surface area is 169 Å². The lowest BCUT2D eigenvalue weighted by molar-refractivity contribution is -0.384. The summed E-state index contributed by atoms with van der Waals surface area (Å²) in [6, 6.07) is 11.0. The predicted octanol–water partition coefficient (Wildman–Crippen LogP) is 2.89. The molecule has 30 heavy (non-hydrogen) atoms. The fraction of sp³-hybridized carbons (Fsp3) is 0.150. The van der Waals surface area contributed by atoms with E-state index in [-0.39, 0.29) is 28.5 Å². The van der Waals surface area contributed by atoms with Crippen molar-refractivity contribution >= 4 is 34.2 Å². The van der Waals surface area contributed by atoms with Crippen molar-refractivity contribution in [2.45, 2.75) is 13.0 Å². The maximum Gasteiger partial charge on any atom is 0.375 e. The summed E-state index contributed by atoms with van der Waals surface area (Å²) < 4.78 is 15.5. The van der Waals surface area contributed by atoms with Gasteiger partial charge in [-0.05, 0) is 25.1 Å². The van der Waals surface area contributed by atoms with E-state index in [4.69, 9.17) is 13.9 Å². The number of methoxy groups -OCH3 is 1. The number of carbonyl (C=O) groups excluding carboxylic acids is 2. The summed E-state index contributed by atoms with van der Waals surface area (Å²) in [7, 11) is 1.34. The number of nitro groups is 1. The van der Waals surface area contributed by atoms with Gasteiger partial charge in [-0.1, -0.05) is 12.1 Å². The second-order valence-corrected chi connectivity index (χ2v) is 6.15. The van der Waals surface area contributed by atoms with E-state index in [9.17, 15) is 24.5 Å². The largest absolute Gasteiger partial charge is 0.495 e. The molecule has 0 fully saturated rings. The number of rotatable bonds is 6. The van der Waals surface area contributed by atoms with Gasteiger partial charge in [0, 0.05) is 18.2 Å². The monoisotopic (exact) mass is 412 g/mol. The molecule has 10 heteroatoms. The van der Waals surface area contributed by atoms with Gasteiger partial charge in [-0.3, -0.25) is 19.7 Å². The lowest BCUT2D eigenvalue weighted by Gasteiger charge is -2.15. The van der Waals surface area contributed by atoms with Gasteiger partial charge in [0.25, 0.3) is 11.6 Å².